The molecule has 0 saturated carbocycles. The Labute approximate surface area is 107 Å². The first kappa shape index (κ1) is 12.3. The molecule has 92 valence electrons. The second kappa shape index (κ2) is 4.58. The number of nitrogens with zero attached hydrogens (tertiary/aromatic N) is 4. The van der Waals surface area contributed by atoms with Gasteiger partial charge in [0.1, 0.15) is 10.8 Å². The molecular formula is C11H10N4O2S. The molecule has 1 N–H and O–H groups in total. The molecule has 0 amide bonds. The summed E-state index contributed by atoms with van der Waals surface area (Å²) >= 11 is 1.31. The van der Waals surface area contributed by atoms with Crippen molar-refractivity contribution in [2.75, 3.05) is 0 Å². The summed E-state index contributed by atoms with van der Waals surface area (Å²) in [6.07, 6.45) is 0.0941. The van der Waals surface area contributed by atoms with E-state index in [0.717, 1.165) is 0 Å². The zero-order valence-electron chi connectivity index (χ0n) is 9.84. The SMILES string of the molecule is Cc1csc(-n2c(C)nnc2CC#N)c1C(=O)O. The van der Waals surface area contributed by atoms with E-state index in [-0.39, 0.29) is 12.0 Å². The first-order chi connectivity index (χ1) is 8.56. The van der Waals surface area contributed by atoms with E-state index in [1.54, 1.807) is 23.8 Å². The molecule has 2 aromatic heterocycles. The van der Waals surface area contributed by atoms with Crippen LogP contribution in [-0.2, 0) is 6.42 Å². The lowest BCUT2D eigenvalue weighted by Crippen LogP contribution is -2.07. The predicted octanol–water partition coefficient (Wildman–Crippen LogP) is 1.71. The van der Waals surface area contributed by atoms with Crippen LogP contribution in [0.1, 0.15) is 27.6 Å². The number of carboxylic acid groups (broad SMARTS) is 1. The van der Waals surface area contributed by atoms with E-state index in [4.69, 9.17) is 5.26 Å². The van der Waals surface area contributed by atoms with E-state index in [9.17, 15) is 9.90 Å². The molecular weight excluding hydrogens is 252 g/mol. The largest absolute Gasteiger partial charge is 0.478 e. The number of carbonyl (C=O) groups is 1. The zero-order valence-corrected chi connectivity index (χ0v) is 10.7. The quantitative estimate of drug-likeness (QED) is 0.909. The Morgan fingerprint density at radius 3 is 2.89 bits per heavy atom. The summed E-state index contributed by atoms with van der Waals surface area (Å²) < 4.78 is 1.63. The fourth-order valence-corrected chi connectivity index (χ4v) is 2.83. The fourth-order valence-electron chi connectivity index (χ4n) is 1.71. The van der Waals surface area contributed by atoms with E-state index in [0.29, 0.717) is 22.2 Å². The molecule has 0 bridgehead atoms. The number of hydrogen-bond acceptors (Lipinski definition) is 5. The third-order valence-electron chi connectivity index (χ3n) is 2.50. The Morgan fingerprint density at radius 2 is 2.28 bits per heavy atom. The van der Waals surface area contributed by atoms with Gasteiger partial charge in [-0.2, -0.15) is 5.26 Å². The maximum absolute atomic E-state index is 11.3. The Kier molecular flexibility index (Phi) is 3.12. The molecule has 0 radical (unpaired) electrons. The molecule has 0 spiro atoms. The van der Waals surface area contributed by atoms with Crippen LogP contribution in [-0.4, -0.2) is 25.8 Å². The first-order valence-corrected chi connectivity index (χ1v) is 6.03. The molecule has 0 atom stereocenters. The van der Waals surface area contributed by atoms with Gasteiger partial charge in [-0.1, -0.05) is 0 Å². The molecule has 2 rings (SSSR count). The zero-order chi connectivity index (χ0) is 13.3. The Morgan fingerprint density at radius 1 is 1.56 bits per heavy atom. The number of carboxylic acids is 1. The molecule has 2 aromatic rings. The van der Waals surface area contributed by atoms with Crippen molar-refractivity contribution in [2.24, 2.45) is 0 Å². The van der Waals surface area contributed by atoms with Gasteiger partial charge in [0.25, 0.3) is 0 Å². The van der Waals surface area contributed by atoms with Crippen molar-refractivity contribution in [3.63, 3.8) is 0 Å². The maximum atomic E-state index is 11.3. The van der Waals surface area contributed by atoms with Crippen molar-refractivity contribution < 1.29 is 9.90 Å². The van der Waals surface area contributed by atoms with Crippen LogP contribution in [0, 0.1) is 25.2 Å². The molecule has 0 aliphatic carbocycles. The van der Waals surface area contributed by atoms with E-state index in [1.807, 2.05) is 6.07 Å². The molecule has 2 heterocycles. The average molecular weight is 262 g/mol. The second-order valence-electron chi connectivity index (χ2n) is 3.74. The summed E-state index contributed by atoms with van der Waals surface area (Å²) in [6.45, 7) is 3.47. The van der Waals surface area contributed by atoms with Crippen LogP contribution in [0.4, 0.5) is 0 Å². The number of thiophene rings is 1. The third-order valence-corrected chi connectivity index (χ3v) is 3.58. The van der Waals surface area contributed by atoms with Crippen LogP contribution in [0.15, 0.2) is 5.38 Å². The van der Waals surface area contributed by atoms with Gasteiger partial charge >= 0.3 is 5.97 Å². The molecule has 0 fully saturated rings. The monoisotopic (exact) mass is 262 g/mol. The summed E-state index contributed by atoms with van der Waals surface area (Å²) in [4.78, 5) is 11.3. The summed E-state index contributed by atoms with van der Waals surface area (Å²) in [6, 6.07) is 2.00. The van der Waals surface area contributed by atoms with Crippen molar-refractivity contribution in [3.05, 3.63) is 28.2 Å². The van der Waals surface area contributed by atoms with Gasteiger partial charge in [-0.05, 0) is 24.8 Å². The van der Waals surface area contributed by atoms with Crippen LogP contribution in [0.25, 0.3) is 5.00 Å². The molecule has 18 heavy (non-hydrogen) atoms. The Hall–Kier alpha value is -2.20. The van der Waals surface area contributed by atoms with Crippen molar-refractivity contribution in [1.29, 1.82) is 5.26 Å². The minimum Gasteiger partial charge on any atom is -0.478 e. The topological polar surface area (TPSA) is 91.8 Å². The van der Waals surface area contributed by atoms with Gasteiger partial charge in [0, 0.05) is 0 Å². The number of rotatable bonds is 3. The van der Waals surface area contributed by atoms with Gasteiger partial charge < -0.3 is 5.11 Å². The average Bonchev–Trinajstić information content (AvgIpc) is 2.83. The Bertz CT molecular complexity index is 651. The predicted molar refractivity (Wildman–Crippen MR) is 65.0 cm³/mol. The summed E-state index contributed by atoms with van der Waals surface area (Å²) in [5.41, 5.74) is 0.931. The van der Waals surface area contributed by atoms with E-state index in [2.05, 4.69) is 10.2 Å². The van der Waals surface area contributed by atoms with Crippen molar-refractivity contribution in [1.82, 2.24) is 14.8 Å². The molecule has 0 aliphatic rings. The number of aromatic nitrogens is 3. The number of aryl methyl sites for hydroxylation is 2. The number of aromatic carboxylic acids is 1. The molecule has 6 nitrogen and oxygen atoms in total. The first-order valence-electron chi connectivity index (χ1n) is 5.15. The second-order valence-corrected chi connectivity index (χ2v) is 4.60. The number of nitriles is 1. The van der Waals surface area contributed by atoms with Crippen molar-refractivity contribution in [2.45, 2.75) is 20.3 Å². The summed E-state index contributed by atoms with van der Waals surface area (Å²) in [5.74, 6) is 0.0451. The maximum Gasteiger partial charge on any atom is 0.339 e. The highest BCUT2D eigenvalue weighted by Crippen LogP contribution is 2.28. The number of hydrogen-bond donors (Lipinski definition) is 1. The lowest BCUT2D eigenvalue weighted by Gasteiger charge is -2.06. The van der Waals surface area contributed by atoms with Crippen LogP contribution < -0.4 is 0 Å². The van der Waals surface area contributed by atoms with Gasteiger partial charge in [-0.25, -0.2) is 4.79 Å². The van der Waals surface area contributed by atoms with Crippen LogP contribution in [0.3, 0.4) is 0 Å². The van der Waals surface area contributed by atoms with Gasteiger partial charge in [-0.15, -0.1) is 21.5 Å². The van der Waals surface area contributed by atoms with E-state index >= 15 is 0 Å². The lowest BCUT2D eigenvalue weighted by molar-refractivity contribution is 0.0697. The molecule has 7 heteroatoms. The van der Waals surface area contributed by atoms with E-state index in [1.165, 1.54) is 11.3 Å². The standard InChI is InChI=1S/C11H10N4O2S/c1-6-5-18-10(9(6)11(16)17)15-7(2)13-14-8(15)3-4-12/h5H,3H2,1-2H3,(H,16,17). The molecule has 0 aromatic carbocycles. The van der Waals surface area contributed by atoms with Gasteiger partial charge in [0.2, 0.25) is 0 Å². The highest BCUT2D eigenvalue weighted by atomic mass is 32.1. The van der Waals surface area contributed by atoms with Crippen LogP contribution in [0.5, 0.6) is 0 Å². The Balaban J connectivity index is 2.66. The van der Waals surface area contributed by atoms with Crippen LogP contribution >= 0.6 is 11.3 Å². The smallest absolute Gasteiger partial charge is 0.339 e. The van der Waals surface area contributed by atoms with Crippen LogP contribution in [0.2, 0.25) is 0 Å². The molecule has 0 saturated heterocycles. The third kappa shape index (κ3) is 1.87. The van der Waals surface area contributed by atoms with Crippen molar-refractivity contribution in [3.8, 4) is 11.1 Å². The summed E-state index contributed by atoms with van der Waals surface area (Å²) in [7, 11) is 0. The molecule has 0 unspecified atom stereocenters. The molecule has 0 aliphatic heterocycles. The van der Waals surface area contributed by atoms with Gasteiger partial charge in [-0.3, -0.25) is 4.57 Å². The lowest BCUT2D eigenvalue weighted by atomic mass is 10.2. The van der Waals surface area contributed by atoms with E-state index < -0.39 is 5.97 Å². The normalized spacial score (nSPS) is 10.3. The van der Waals surface area contributed by atoms with Gasteiger partial charge in [0.05, 0.1) is 18.1 Å². The highest BCUT2D eigenvalue weighted by molar-refractivity contribution is 7.13. The highest BCUT2D eigenvalue weighted by Gasteiger charge is 2.21. The minimum atomic E-state index is -0.986. The summed E-state index contributed by atoms with van der Waals surface area (Å²) in [5, 5.41) is 28.1. The fraction of sp³-hybridized carbons (Fsp3) is 0.273. The minimum absolute atomic E-state index is 0.0941. The van der Waals surface area contributed by atoms with Gasteiger partial charge in [0.15, 0.2) is 5.82 Å². The van der Waals surface area contributed by atoms with Crippen molar-refractivity contribution >= 4 is 17.3 Å².